The minimum Gasteiger partial charge on any atom is -0.494 e. The van der Waals surface area contributed by atoms with E-state index in [1.807, 2.05) is 18.2 Å². The van der Waals surface area contributed by atoms with E-state index in [0.29, 0.717) is 51.2 Å². The summed E-state index contributed by atoms with van der Waals surface area (Å²) >= 11 is 0. The smallest absolute Gasteiger partial charge is 0.277 e. The number of nitriles is 1. The number of nitrogens with one attached hydrogen (secondary N) is 3. The number of methoxy groups -OCH3 is 1. The van der Waals surface area contributed by atoms with Gasteiger partial charge in [-0.2, -0.15) is 10.1 Å². The topological polar surface area (TPSA) is 177 Å². The molecule has 0 amide bonds. The average molecular weight is 470 g/mol. The molecule has 4 heterocycles. The molecule has 14 heteroatoms. The van der Waals surface area contributed by atoms with E-state index in [9.17, 15) is 4.79 Å². The molecule has 0 aliphatic heterocycles. The highest BCUT2D eigenvalue weighted by atomic mass is 16.5. The molecular weight excluding hydrogens is 452 g/mol. The second-order valence-corrected chi connectivity index (χ2v) is 7.39. The van der Waals surface area contributed by atoms with Gasteiger partial charge in [-0.05, 0) is 17.3 Å². The predicted octanol–water partition coefficient (Wildman–Crippen LogP) is 1.61. The molecule has 3 N–H and O–H groups in total. The van der Waals surface area contributed by atoms with Crippen LogP contribution in [0.4, 0.5) is 23.0 Å². The van der Waals surface area contributed by atoms with E-state index in [1.165, 1.54) is 29.0 Å². The van der Waals surface area contributed by atoms with E-state index < -0.39 is 0 Å². The fourth-order valence-corrected chi connectivity index (χ4v) is 3.57. The lowest BCUT2D eigenvalue weighted by atomic mass is 10.1. The van der Waals surface area contributed by atoms with E-state index in [1.54, 1.807) is 26.2 Å². The van der Waals surface area contributed by atoms with Crippen molar-refractivity contribution in [2.75, 3.05) is 17.7 Å². The first kappa shape index (κ1) is 21.5. The van der Waals surface area contributed by atoms with Crippen molar-refractivity contribution in [1.82, 2.24) is 44.9 Å². The first-order valence-electron chi connectivity index (χ1n) is 10.2. The van der Waals surface area contributed by atoms with Crippen LogP contribution in [0.3, 0.4) is 0 Å². The van der Waals surface area contributed by atoms with Crippen molar-refractivity contribution in [2.45, 2.75) is 0 Å². The minimum atomic E-state index is -0.263. The summed E-state index contributed by atoms with van der Waals surface area (Å²) in [4.78, 5) is 26.7. The molecule has 14 nitrogen and oxygen atoms in total. The lowest BCUT2D eigenvalue weighted by molar-refractivity contribution is 0.418. The van der Waals surface area contributed by atoms with Crippen LogP contribution in [0.2, 0.25) is 0 Å². The van der Waals surface area contributed by atoms with Gasteiger partial charge < -0.3 is 15.4 Å². The van der Waals surface area contributed by atoms with E-state index in [0.717, 1.165) is 0 Å². The maximum absolute atomic E-state index is 12.9. The summed E-state index contributed by atoms with van der Waals surface area (Å²) in [5.41, 5.74) is 1.96. The van der Waals surface area contributed by atoms with E-state index in [2.05, 4.69) is 46.1 Å². The molecule has 0 atom stereocenters. The maximum Gasteiger partial charge on any atom is 0.277 e. The Morgan fingerprint density at radius 3 is 2.71 bits per heavy atom. The number of hydrogen-bond donors (Lipinski definition) is 3. The molecule has 0 bridgehead atoms. The molecule has 5 aromatic rings. The minimum absolute atomic E-state index is 0.203. The van der Waals surface area contributed by atoms with Crippen molar-refractivity contribution >= 4 is 34.0 Å². The zero-order chi connectivity index (χ0) is 24.5. The Kier molecular flexibility index (Phi) is 5.26. The number of hydrogen-bond acceptors (Lipinski definition) is 11. The highest BCUT2D eigenvalue weighted by Crippen LogP contribution is 2.37. The summed E-state index contributed by atoms with van der Waals surface area (Å²) in [6.45, 7) is 0. The number of benzene rings is 1. The molecule has 0 radical (unpaired) electrons. The van der Waals surface area contributed by atoms with Gasteiger partial charge in [0.05, 0.1) is 31.1 Å². The van der Waals surface area contributed by atoms with E-state index in [-0.39, 0.29) is 11.3 Å². The summed E-state index contributed by atoms with van der Waals surface area (Å²) in [6, 6.07) is 10.6. The molecular formula is C21H18N12O2. The molecule has 0 aliphatic carbocycles. The second-order valence-electron chi connectivity index (χ2n) is 7.39. The van der Waals surface area contributed by atoms with Gasteiger partial charge in [0, 0.05) is 19.2 Å². The lowest BCUT2D eigenvalue weighted by Crippen LogP contribution is -2.12. The molecule has 5 rings (SSSR count). The van der Waals surface area contributed by atoms with Crippen LogP contribution in [0.1, 0.15) is 5.69 Å². The molecule has 0 aliphatic rings. The zero-order valence-electron chi connectivity index (χ0n) is 18.8. The van der Waals surface area contributed by atoms with Crippen molar-refractivity contribution in [3.05, 3.63) is 52.7 Å². The molecule has 0 saturated heterocycles. The number of rotatable bonds is 6. The third-order valence-corrected chi connectivity index (χ3v) is 5.09. The zero-order valence-corrected chi connectivity index (χ0v) is 18.8. The van der Waals surface area contributed by atoms with Crippen LogP contribution in [0.15, 0.2) is 41.5 Å². The SMILES string of the molecule is COc1c(Nc2cc(Nc3cc(C#N)ncn3)nc3[nH]n(C)c(=O)c23)cccc1-c1nnn(C)n1. The first-order valence-corrected chi connectivity index (χ1v) is 10.2. The van der Waals surface area contributed by atoms with E-state index in [4.69, 9.17) is 10.00 Å². The standard InChI is InChI=1S/C21H18N12O2/c1-32-21(34)17-14(8-16(27-20(17)29-32)26-15-7-11(9-22)23-10-24-15)25-13-6-4-5-12(18(13)35-3)19-28-31-33(2)30-19/h4-8,10H,1-3H3,(H3,23,24,25,26,27,29). The van der Waals surface area contributed by atoms with Crippen molar-refractivity contribution in [2.24, 2.45) is 14.1 Å². The third-order valence-electron chi connectivity index (χ3n) is 5.09. The second kappa shape index (κ2) is 8.56. The molecule has 0 saturated carbocycles. The summed E-state index contributed by atoms with van der Waals surface area (Å²) < 4.78 is 7.00. The number of tetrazole rings is 1. The quantitative estimate of drug-likeness (QED) is 0.328. The van der Waals surface area contributed by atoms with Gasteiger partial charge >= 0.3 is 0 Å². The Bertz CT molecular complexity index is 1660. The monoisotopic (exact) mass is 470 g/mol. The van der Waals surface area contributed by atoms with Crippen molar-refractivity contribution in [1.29, 1.82) is 5.26 Å². The maximum atomic E-state index is 12.9. The molecule has 4 aromatic heterocycles. The largest absolute Gasteiger partial charge is 0.494 e. The van der Waals surface area contributed by atoms with Crippen LogP contribution in [-0.2, 0) is 14.1 Å². The molecule has 0 spiro atoms. The molecule has 0 unspecified atom stereocenters. The summed E-state index contributed by atoms with van der Waals surface area (Å²) in [5.74, 6) is 1.63. The predicted molar refractivity (Wildman–Crippen MR) is 125 cm³/mol. The van der Waals surface area contributed by atoms with Crippen LogP contribution in [0.5, 0.6) is 5.75 Å². The van der Waals surface area contributed by atoms with Crippen LogP contribution in [-0.4, -0.2) is 52.0 Å². The fraction of sp³-hybridized carbons (Fsp3) is 0.143. The van der Waals surface area contributed by atoms with Crippen LogP contribution in [0.25, 0.3) is 22.4 Å². The van der Waals surface area contributed by atoms with Crippen molar-refractivity contribution < 1.29 is 4.74 Å². The summed E-state index contributed by atoms with van der Waals surface area (Å²) in [7, 11) is 4.81. The Morgan fingerprint density at radius 2 is 1.97 bits per heavy atom. The summed E-state index contributed by atoms with van der Waals surface area (Å²) in [5, 5.41) is 30.9. The number of aromatic amines is 1. The lowest BCUT2D eigenvalue weighted by Gasteiger charge is -2.15. The van der Waals surface area contributed by atoms with Crippen LogP contribution < -0.4 is 20.9 Å². The van der Waals surface area contributed by atoms with Gasteiger partial charge in [-0.15, -0.1) is 10.2 Å². The van der Waals surface area contributed by atoms with Gasteiger partial charge in [-0.1, -0.05) is 6.07 Å². The molecule has 1 aromatic carbocycles. The third kappa shape index (κ3) is 3.97. The number of fused-ring (bicyclic) bond motifs is 1. The number of ether oxygens (including phenoxy) is 1. The molecule has 174 valence electrons. The van der Waals surface area contributed by atoms with Gasteiger partial charge in [-0.25, -0.2) is 15.0 Å². The Balaban J connectivity index is 1.61. The van der Waals surface area contributed by atoms with Gasteiger partial charge in [-0.3, -0.25) is 14.6 Å². The number of pyridine rings is 1. The number of aromatic nitrogens is 9. The normalized spacial score (nSPS) is 10.8. The Morgan fingerprint density at radius 1 is 1.11 bits per heavy atom. The van der Waals surface area contributed by atoms with Crippen LogP contribution >= 0.6 is 0 Å². The highest BCUT2D eigenvalue weighted by molar-refractivity contribution is 5.94. The Hall–Kier alpha value is -5.32. The Labute approximate surface area is 197 Å². The number of para-hydroxylation sites is 1. The number of H-pyrrole nitrogens is 1. The van der Waals surface area contributed by atoms with Gasteiger partial charge in [0.15, 0.2) is 11.4 Å². The van der Waals surface area contributed by atoms with Crippen molar-refractivity contribution in [3.63, 3.8) is 0 Å². The average Bonchev–Trinajstić information content (AvgIpc) is 3.41. The van der Waals surface area contributed by atoms with Gasteiger partial charge in [0.25, 0.3) is 5.56 Å². The fourth-order valence-electron chi connectivity index (χ4n) is 3.57. The van der Waals surface area contributed by atoms with Crippen molar-refractivity contribution in [3.8, 4) is 23.2 Å². The van der Waals surface area contributed by atoms with Gasteiger partial charge in [0.2, 0.25) is 5.82 Å². The summed E-state index contributed by atoms with van der Waals surface area (Å²) in [6.07, 6.45) is 1.28. The first-order chi connectivity index (χ1) is 17.0. The number of anilines is 4. The number of aryl methyl sites for hydroxylation is 2. The van der Waals surface area contributed by atoms with Gasteiger partial charge in [0.1, 0.15) is 35.1 Å². The number of nitrogens with zero attached hydrogens (tertiary/aromatic N) is 9. The molecule has 35 heavy (non-hydrogen) atoms. The van der Waals surface area contributed by atoms with Crippen LogP contribution in [0, 0.1) is 11.3 Å². The molecule has 0 fully saturated rings. The highest BCUT2D eigenvalue weighted by Gasteiger charge is 2.18. The van der Waals surface area contributed by atoms with E-state index >= 15 is 0 Å².